The number of thiophene rings is 1. The van der Waals surface area contributed by atoms with Crippen molar-refractivity contribution in [3.63, 3.8) is 0 Å². The van der Waals surface area contributed by atoms with Crippen LogP contribution in [0.3, 0.4) is 0 Å². The third kappa shape index (κ3) is 2.73. The molecule has 5 nitrogen and oxygen atoms in total. The molecule has 126 valence electrons. The van der Waals surface area contributed by atoms with Gasteiger partial charge in [0.05, 0.1) is 5.25 Å². The van der Waals surface area contributed by atoms with Crippen molar-refractivity contribution in [1.29, 1.82) is 0 Å². The highest BCUT2D eigenvalue weighted by Gasteiger charge is 2.25. The molecule has 0 unspecified atom stereocenters. The maximum Gasteiger partial charge on any atom is 0.239 e. The Morgan fingerprint density at radius 1 is 1.12 bits per heavy atom. The van der Waals surface area contributed by atoms with Gasteiger partial charge in [0.2, 0.25) is 5.89 Å². The summed E-state index contributed by atoms with van der Waals surface area (Å²) in [7, 11) is 0. The van der Waals surface area contributed by atoms with Gasteiger partial charge < -0.3 is 4.52 Å². The van der Waals surface area contributed by atoms with Gasteiger partial charge in [-0.15, -0.1) is 11.3 Å². The number of hydrogen-bond acceptors (Lipinski definition) is 7. The van der Waals surface area contributed by atoms with Crippen molar-refractivity contribution in [2.75, 3.05) is 0 Å². The zero-order chi connectivity index (χ0) is 16.8. The van der Waals surface area contributed by atoms with Crippen LogP contribution in [0.25, 0.3) is 10.2 Å². The predicted molar refractivity (Wildman–Crippen MR) is 96.8 cm³/mol. The molecule has 7 heteroatoms. The van der Waals surface area contributed by atoms with Gasteiger partial charge in [-0.1, -0.05) is 30.8 Å². The zero-order valence-electron chi connectivity index (χ0n) is 14.3. The van der Waals surface area contributed by atoms with Gasteiger partial charge in [0.25, 0.3) is 0 Å². The quantitative estimate of drug-likeness (QED) is 0.489. The fourth-order valence-corrected chi connectivity index (χ4v) is 5.44. The molecule has 0 fully saturated rings. The molecule has 3 heterocycles. The molecule has 0 radical (unpaired) electrons. The van der Waals surface area contributed by atoms with Crippen molar-refractivity contribution < 1.29 is 4.52 Å². The smallest absolute Gasteiger partial charge is 0.239 e. The number of aryl methyl sites for hydroxylation is 3. The molecular formula is C17H20N4OS2. The third-order valence-electron chi connectivity index (χ3n) is 4.25. The van der Waals surface area contributed by atoms with Crippen molar-refractivity contribution in [3.8, 4) is 0 Å². The first-order valence-electron chi connectivity index (χ1n) is 8.32. The van der Waals surface area contributed by atoms with E-state index in [4.69, 9.17) is 9.51 Å². The highest BCUT2D eigenvalue weighted by atomic mass is 32.2. The Balaban J connectivity index is 1.70. The molecule has 0 aliphatic heterocycles. The van der Waals surface area contributed by atoms with E-state index in [0.29, 0.717) is 5.89 Å². The number of nitrogens with zero attached hydrogens (tertiary/aromatic N) is 4. The molecule has 1 atom stereocenters. The summed E-state index contributed by atoms with van der Waals surface area (Å²) in [5.41, 5.74) is 1.46. The Morgan fingerprint density at radius 3 is 2.71 bits per heavy atom. The molecule has 1 aliphatic carbocycles. The third-order valence-corrected chi connectivity index (χ3v) is 6.51. The number of rotatable bonds is 4. The van der Waals surface area contributed by atoms with Crippen LogP contribution in [0, 0.1) is 6.92 Å². The second-order valence-corrected chi connectivity index (χ2v) is 8.93. The molecule has 0 aromatic carbocycles. The monoisotopic (exact) mass is 360 g/mol. The summed E-state index contributed by atoms with van der Waals surface area (Å²) >= 11 is 3.53. The SMILES string of the molecule is Cc1nc(S[C@H](C)c2nc(C(C)C)no2)c2c3c(sc2n1)CCC3. The lowest BCUT2D eigenvalue weighted by Crippen LogP contribution is -1.96. The van der Waals surface area contributed by atoms with E-state index >= 15 is 0 Å². The first-order chi connectivity index (χ1) is 11.5. The first-order valence-corrected chi connectivity index (χ1v) is 10.0. The molecular weight excluding hydrogens is 340 g/mol. The van der Waals surface area contributed by atoms with Crippen molar-refractivity contribution >= 4 is 33.3 Å². The summed E-state index contributed by atoms with van der Waals surface area (Å²) in [5.74, 6) is 2.52. The van der Waals surface area contributed by atoms with Gasteiger partial charge in [0, 0.05) is 16.2 Å². The van der Waals surface area contributed by atoms with Gasteiger partial charge in [-0.05, 0) is 38.7 Å². The Morgan fingerprint density at radius 2 is 1.96 bits per heavy atom. The molecule has 0 bridgehead atoms. The summed E-state index contributed by atoms with van der Waals surface area (Å²) in [4.78, 5) is 16.5. The normalized spacial score (nSPS) is 15.4. The van der Waals surface area contributed by atoms with Crippen LogP contribution in [0.2, 0.25) is 0 Å². The van der Waals surface area contributed by atoms with Crippen LogP contribution in [0.5, 0.6) is 0 Å². The van der Waals surface area contributed by atoms with Crippen molar-refractivity contribution in [3.05, 3.63) is 28.0 Å². The standard InChI is InChI=1S/C17H20N4OS2/c1-8(2)14-20-15(22-21-14)9(3)23-16-13-11-6-5-7-12(11)24-17(13)19-10(4)18-16/h8-9H,5-7H2,1-4H3/t9-/m1/s1. The van der Waals surface area contributed by atoms with Crippen molar-refractivity contribution in [2.24, 2.45) is 0 Å². The molecule has 0 spiro atoms. The van der Waals surface area contributed by atoms with Crippen LogP contribution in [0.15, 0.2) is 9.55 Å². The van der Waals surface area contributed by atoms with Crippen LogP contribution < -0.4 is 0 Å². The maximum atomic E-state index is 5.45. The Kier molecular flexibility index (Phi) is 4.08. The zero-order valence-corrected chi connectivity index (χ0v) is 15.9. The number of aromatic nitrogens is 4. The number of thioether (sulfide) groups is 1. The molecule has 3 aromatic heterocycles. The first kappa shape index (κ1) is 16.0. The van der Waals surface area contributed by atoms with Crippen LogP contribution in [0.1, 0.15) is 66.3 Å². The topological polar surface area (TPSA) is 64.7 Å². The van der Waals surface area contributed by atoms with E-state index in [0.717, 1.165) is 27.9 Å². The van der Waals surface area contributed by atoms with Gasteiger partial charge in [-0.25, -0.2) is 9.97 Å². The van der Waals surface area contributed by atoms with E-state index in [1.807, 2.05) is 18.3 Å². The van der Waals surface area contributed by atoms with Gasteiger partial charge in [0.1, 0.15) is 15.7 Å². The maximum absolute atomic E-state index is 5.45. The highest BCUT2D eigenvalue weighted by Crippen LogP contribution is 2.43. The van der Waals surface area contributed by atoms with E-state index in [-0.39, 0.29) is 11.2 Å². The van der Waals surface area contributed by atoms with E-state index in [1.54, 1.807) is 11.8 Å². The minimum atomic E-state index is 0.0689. The van der Waals surface area contributed by atoms with Gasteiger partial charge in [-0.3, -0.25) is 0 Å². The Bertz CT molecular complexity index is 900. The summed E-state index contributed by atoms with van der Waals surface area (Å²) in [6, 6.07) is 0. The van der Waals surface area contributed by atoms with E-state index in [9.17, 15) is 0 Å². The molecule has 0 saturated heterocycles. The Hall–Kier alpha value is -1.47. The molecule has 1 aliphatic rings. The largest absolute Gasteiger partial charge is 0.338 e. The minimum absolute atomic E-state index is 0.0689. The average Bonchev–Trinajstić information content (AvgIpc) is 3.21. The van der Waals surface area contributed by atoms with Gasteiger partial charge in [0.15, 0.2) is 5.82 Å². The van der Waals surface area contributed by atoms with E-state index in [1.165, 1.54) is 28.7 Å². The molecule has 0 N–H and O–H groups in total. The number of hydrogen-bond donors (Lipinski definition) is 0. The molecule has 4 rings (SSSR count). The van der Waals surface area contributed by atoms with Crippen molar-refractivity contribution in [1.82, 2.24) is 20.1 Å². The summed E-state index contributed by atoms with van der Waals surface area (Å²) in [5, 5.41) is 6.44. The number of fused-ring (bicyclic) bond motifs is 3. The minimum Gasteiger partial charge on any atom is -0.338 e. The van der Waals surface area contributed by atoms with Crippen LogP contribution in [0.4, 0.5) is 0 Å². The second-order valence-electron chi connectivity index (χ2n) is 6.52. The van der Waals surface area contributed by atoms with Crippen LogP contribution in [-0.2, 0) is 12.8 Å². The molecule has 3 aromatic rings. The van der Waals surface area contributed by atoms with Crippen LogP contribution >= 0.6 is 23.1 Å². The van der Waals surface area contributed by atoms with Crippen LogP contribution in [-0.4, -0.2) is 20.1 Å². The van der Waals surface area contributed by atoms with E-state index < -0.39 is 0 Å². The molecule has 24 heavy (non-hydrogen) atoms. The lowest BCUT2D eigenvalue weighted by Gasteiger charge is -2.08. The van der Waals surface area contributed by atoms with Gasteiger partial charge >= 0.3 is 0 Å². The summed E-state index contributed by atoms with van der Waals surface area (Å²) in [6.45, 7) is 8.19. The summed E-state index contributed by atoms with van der Waals surface area (Å²) < 4.78 is 5.45. The molecule has 0 saturated carbocycles. The van der Waals surface area contributed by atoms with Gasteiger partial charge in [-0.2, -0.15) is 4.98 Å². The fourth-order valence-electron chi connectivity index (χ4n) is 3.01. The lowest BCUT2D eigenvalue weighted by atomic mass is 10.2. The van der Waals surface area contributed by atoms with E-state index in [2.05, 4.69) is 35.9 Å². The molecule has 0 amide bonds. The second kappa shape index (κ2) is 6.11. The predicted octanol–water partition coefficient (Wildman–Crippen LogP) is 4.85. The fraction of sp³-hybridized carbons (Fsp3) is 0.529. The lowest BCUT2D eigenvalue weighted by molar-refractivity contribution is 0.373. The average molecular weight is 361 g/mol. The summed E-state index contributed by atoms with van der Waals surface area (Å²) in [6.07, 6.45) is 3.56. The Labute approximate surface area is 149 Å². The van der Waals surface area contributed by atoms with Crippen molar-refractivity contribution in [2.45, 2.75) is 63.2 Å². The highest BCUT2D eigenvalue weighted by molar-refractivity contribution is 7.99.